The van der Waals surface area contributed by atoms with Gasteiger partial charge in [-0.2, -0.15) is 8.78 Å². The number of piperidine rings is 1. The van der Waals surface area contributed by atoms with E-state index in [0.29, 0.717) is 42.0 Å². The van der Waals surface area contributed by atoms with Crippen molar-refractivity contribution in [1.82, 2.24) is 14.5 Å². The van der Waals surface area contributed by atoms with Crippen LogP contribution in [0.1, 0.15) is 35.6 Å². The molecule has 1 fully saturated rings. The molecule has 0 unspecified atom stereocenters. The summed E-state index contributed by atoms with van der Waals surface area (Å²) in [6.07, 6.45) is 0.896. The quantitative estimate of drug-likeness (QED) is 0.533. The highest BCUT2D eigenvalue weighted by Gasteiger charge is 2.29. The standard InChI is InChI=1S/C22H20ClF2N3O3/c23-16-7-5-14(6-8-16)20(29)27-11-9-15(10-12-27)21(30)31-13-19-26-17-3-1-2-4-18(17)28(19)22(24)25/h1-8,15,22H,9-13H2. The molecule has 6 nitrogen and oxygen atoms in total. The number of halogens is 3. The molecule has 0 saturated carbocycles. The van der Waals surface area contributed by atoms with Crippen molar-refractivity contribution < 1.29 is 23.1 Å². The molecule has 0 N–H and O–H groups in total. The van der Waals surface area contributed by atoms with Gasteiger partial charge in [0.1, 0.15) is 6.61 Å². The van der Waals surface area contributed by atoms with Crippen molar-refractivity contribution in [3.8, 4) is 0 Å². The summed E-state index contributed by atoms with van der Waals surface area (Å²) < 4.78 is 33.1. The van der Waals surface area contributed by atoms with E-state index in [4.69, 9.17) is 16.3 Å². The van der Waals surface area contributed by atoms with Crippen molar-refractivity contribution in [2.75, 3.05) is 13.1 Å². The Kier molecular flexibility index (Phi) is 6.18. The molecule has 162 valence electrons. The predicted octanol–water partition coefficient (Wildman–Crippen LogP) is 4.68. The first-order valence-corrected chi connectivity index (χ1v) is 10.3. The average Bonchev–Trinajstić information content (AvgIpc) is 3.16. The summed E-state index contributed by atoms with van der Waals surface area (Å²) in [7, 11) is 0. The van der Waals surface area contributed by atoms with Crippen LogP contribution < -0.4 is 0 Å². The normalized spacial score (nSPS) is 14.9. The lowest BCUT2D eigenvalue weighted by atomic mass is 9.96. The van der Waals surface area contributed by atoms with Crippen molar-refractivity contribution in [2.24, 2.45) is 5.92 Å². The number of alkyl halides is 2. The number of hydrogen-bond donors (Lipinski definition) is 0. The highest BCUT2D eigenvalue weighted by Crippen LogP contribution is 2.25. The fraction of sp³-hybridized carbons (Fsp3) is 0.318. The van der Waals surface area contributed by atoms with E-state index in [1.807, 2.05) is 0 Å². The summed E-state index contributed by atoms with van der Waals surface area (Å²) >= 11 is 5.86. The molecule has 2 aromatic carbocycles. The first-order valence-electron chi connectivity index (χ1n) is 9.89. The van der Waals surface area contributed by atoms with E-state index in [9.17, 15) is 18.4 Å². The van der Waals surface area contributed by atoms with Gasteiger partial charge in [0.15, 0.2) is 5.82 Å². The number of nitrogens with zero attached hydrogens (tertiary/aromatic N) is 3. The number of rotatable bonds is 5. The SMILES string of the molecule is O=C(OCc1nc2ccccc2n1C(F)F)C1CCN(C(=O)c2ccc(Cl)cc2)CC1. The first kappa shape index (κ1) is 21.2. The maximum Gasteiger partial charge on any atom is 0.320 e. The summed E-state index contributed by atoms with van der Waals surface area (Å²) in [5.74, 6) is -0.973. The highest BCUT2D eigenvalue weighted by molar-refractivity contribution is 6.30. The van der Waals surface area contributed by atoms with Crippen LogP contribution >= 0.6 is 11.6 Å². The number of carbonyl (C=O) groups excluding carboxylic acids is 2. The van der Waals surface area contributed by atoms with E-state index in [2.05, 4.69) is 4.98 Å². The molecule has 0 atom stereocenters. The highest BCUT2D eigenvalue weighted by atomic mass is 35.5. The number of esters is 1. The van der Waals surface area contributed by atoms with Gasteiger partial charge in [-0.1, -0.05) is 23.7 Å². The summed E-state index contributed by atoms with van der Waals surface area (Å²) in [6.45, 7) is -2.29. The Morgan fingerprint density at radius 1 is 1.10 bits per heavy atom. The molecule has 1 saturated heterocycles. The zero-order chi connectivity index (χ0) is 22.0. The van der Waals surface area contributed by atoms with Crippen LogP contribution in [0.5, 0.6) is 0 Å². The fourth-order valence-electron chi connectivity index (χ4n) is 3.76. The van der Waals surface area contributed by atoms with Crippen LogP contribution in [0, 0.1) is 5.92 Å². The van der Waals surface area contributed by atoms with Gasteiger partial charge in [-0.3, -0.25) is 14.2 Å². The first-order chi connectivity index (χ1) is 14.9. The summed E-state index contributed by atoms with van der Waals surface area (Å²) in [6, 6.07) is 13.2. The number of para-hydroxylation sites is 2. The zero-order valence-electron chi connectivity index (χ0n) is 16.5. The van der Waals surface area contributed by atoms with Gasteiger partial charge < -0.3 is 9.64 Å². The van der Waals surface area contributed by atoms with Crippen molar-refractivity contribution in [3.05, 3.63) is 64.9 Å². The fourth-order valence-corrected chi connectivity index (χ4v) is 3.89. The monoisotopic (exact) mass is 447 g/mol. The molecule has 4 rings (SSSR count). The van der Waals surface area contributed by atoms with Crippen LogP contribution in [0.15, 0.2) is 48.5 Å². The van der Waals surface area contributed by atoms with Gasteiger partial charge in [0.25, 0.3) is 5.91 Å². The Labute approximate surface area is 182 Å². The number of hydrogen-bond acceptors (Lipinski definition) is 4. The smallest absolute Gasteiger partial charge is 0.320 e. The number of fused-ring (bicyclic) bond motifs is 1. The molecular formula is C22H20ClF2N3O3. The molecular weight excluding hydrogens is 428 g/mol. The van der Waals surface area contributed by atoms with Crippen LogP contribution in [0.4, 0.5) is 8.78 Å². The lowest BCUT2D eigenvalue weighted by molar-refractivity contribution is -0.151. The molecule has 0 bridgehead atoms. The number of benzene rings is 2. The molecule has 9 heteroatoms. The van der Waals surface area contributed by atoms with Gasteiger partial charge >= 0.3 is 12.5 Å². The van der Waals surface area contributed by atoms with E-state index in [1.165, 1.54) is 0 Å². The zero-order valence-corrected chi connectivity index (χ0v) is 17.3. The summed E-state index contributed by atoms with van der Waals surface area (Å²) in [5, 5.41) is 0.554. The second-order valence-electron chi connectivity index (χ2n) is 7.35. The second-order valence-corrected chi connectivity index (χ2v) is 7.78. The van der Waals surface area contributed by atoms with Crippen molar-refractivity contribution >= 4 is 34.5 Å². The van der Waals surface area contributed by atoms with Crippen molar-refractivity contribution in [3.63, 3.8) is 0 Å². The molecule has 1 aromatic heterocycles. The van der Waals surface area contributed by atoms with E-state index in [1.54, 1.807) is 53.4 Å². The predicted molar refractivity (Wildman–Crippen MR) is 111 cm³/mol. The number of ether oxygens (including phenoxy) is 1. The van der Waals surface area contributed by atoms with Crippen molar-refractivity contribution in [2.45, 2.75) is 26.0 Å². The molecule has 1 aliphatic heterocycles. The Balaban J connectivity index is 1.35. The Morgan fingerprint density at radius 2 is 1.77 bits per heavy atom. The molecule has 31 heavy (non-hydrogen) atoms. The molecule has 3 aromatic rings. The second kappa shape index (κ2) is 9.01. The van der Waals surface area contributed by atoms with Crippen LogP contribution in [0.25, 0.3) is 11.0 Å². The van der Waals surface area contributed by atoms with Gasteiger partial charge in [0, 0.05) is 23.7 Å². The third kappa shape index (κ3) is 4.54. The van der Waals surface area contributed by atoms with Crippen LogP contribution in [-0.4, -0.2) is 39.4 Å². The summed E-state index contributed by atoms with van der Waals surface area (Å²) in [5.41, 5.74) is 1.25. The van der Waals surface area contributed by atoms with E-state index in [-0.39, 0.29) is 23.9 Å². The molecule has 1 amide bonds. The molecule has 2 heterocycles. The van der Waals surface area contributed by atoms with Crippen LogP contribution in [-0.2, 0) is 16.1 Å². The third-order valence-electron chi connectivity index (χ3n) is 5.41. The number of carbonyl (C=O) groups is 2. The van der Waals surface area contributed by atoms with Gasteiger partial charge in [-0.05, 0) is 49.2 Å². The minimum Gasteiger partial charge on any atom is -0.457 e. The topological polar surface area (TPSA) is 64.4 Å². The lowest BCUT2D eigenvalue weighted by Gasteiger charge is -2.31. The number of likely N-dealkylation sites (tertiary alicyclic amines) is 1. The van der Waals surface area contributed by atoms with Gasteiger partial charge in [0.2, 0.25) is 0 Å². The maximum absolute atomic E-state index is 13.5. The summed E-state index contributed by atoms with van der Waals surface area (Å²) in [4.78, 5) is 30.9. The Bertz CT molecular complexity index is 1090. The number of amides is 1. The third-order valence-corrected chi connectivity index (χ3v) is 5.67. The molecule has 1 aliphatic rings. The average molecular weight is 448 g/mol. The van der Waals surface area contributed by atoms with E-state index in [0.717, 1.165) is 4.57 Å². The number of aromatic nitrogens is 2. The van der Waals surface area contributed by atoms with E-state index >= 15 is 0 Å². The minimum atomic E-state index is -2.79. The van der Waals surface area contributed by atoms with Crippen LogP contribution in [0.2, 0.25) is 5.02 Å². The van der Waals surface area contributed by atoms with Gasteiger partial charge in [-0.15, -0.1) is 0 Å². The lowest BCUT2D eigenvalue weighted by Crippen LogP contribution is -2.40. The Morgan fingerprint density at radius 3 is 2.45 bits per heavy atom. The van der Waals surface area contributed by atoms with Gasteiger partial charge in [-0.25, -0.2) is 4.98 Å². The molecule has 0 aliphatic carbocycles. The molecule has 0 spiro atoms. The molecule has 0 radical (unpaired) electrons. The maximum atomic E-state index is 13.5. The van der Waals surface area contributed by atoms with Gasteiger partial charge in [0.05, 0.1) is 17.0 Å². The Hall–Kier alpha value is -3.00. The minimum absolute atomic E-state index is 0.0000906. The van der Waals surface area contributed by atoms with Crippen LogP contribution in [0.3, 0.4) is 0 Å². The largest absolute Gasteiger partial charge is 0.457 e. The number of imidazole rings is 1. The van der Waals surface area contributed by atoms with E-state index < -0.39 is 18.4 Å². The van der Waals surface area contributed by atoms with Crippen molar-refractivity contribution in [1.29, 1.82) is 0 Å².